The highest BCUT2D eigenvalue weighted by atomic mass is 16.5. The van der Waals surface area contributed by atoms with Gasteiger partial charge in [0.15, 0.2) is 17.2 Å². The average molecular weight is 383 g/mol. The number of fused-ring (bicyclic) bond motifs is 1. The summed E-state index contributed by atoms with van der Waals surface area (Å²) in [4.78, 5) is 25.1. The molecule has 146 valence electrons. The zero-order valence-electron chi connectivity index (χ0n) is 15.9. The van der Waals surface area contributed by atoms with Gasteiger partial charge in [0.05, 0.1) is 19.1 Å². The third kappa shape index (κ3) is 3.96. The number of nitrogens with zero attached hydrogens (tertiary/aromatic N) is 2. The third-order valence-electron chi connectivity index (χ3n) is 4.14. The minimum absolute atomic E-state index is 0.162. The summed E-state index contributed by atoms with van der Waals surface area (Å²) >= 11 is 0. The molecule has 3 rings (SSSR count). The number of amides is 1. The van der Waals surface area contributed by atoms with Crippen molar-refractivity contribution in [1.82, 2.24) is 9.78 Å². The van der Waals surface area contributed by atoms with E-state index in [0.717, 1.165) is 4.68 Å². The molecule has 0 atom stereocenters. The second kappa shape index (κ2) is 8.53. The normalized spacial score (nSPS) is 10.7. The van der Waals surface area contributed by atoms with Crippen LogP contribution in [-0.2, 0) is 11.8 Å². The molecule has 0 aliphatic carbocycles. The first-order chi connectivity index (χ1) is 13.5. The van der Waals surface area contributed by atoms with Gasteiger partial charge in [-0.25, -0.2) is 4.68 Å². The summed E-state index contributed by atoms with van der Waals surface area (Å²) in [7, 11) is 4.64. The highest BCUT2D eigenvalue weighted by molar-refractivity contribution is 6.11. The Morgan fingerprint density at radius 1 is 1.07 bits per heavy atom. The van der Waals surface area contributed by atoms with Crippen molar-refractivity contribution in [3.63, 3.8) is 0 Å². The number of methoxy groups -OCH3 is 2. The van der Waals surface area contributed by atoms with E-state index in [2.05, 4.69) is 10.4 Å². The van der Waals surface area contributed by atoms with Crippen LogP contribution in [0.3, 0.4) is 0 Å². The van der Waals surface area contributed by atoms with Gasteiger partial charge in [-0.05, 0) is 18.2 Å². The van der Waals surface area contributed by atoms with Crippen molar-refractivity contribution in [2.45, 2.75) is 0 Å². The zero-order chi connectivity index (χ0) is 20.1. The lowest BCUT2D eigenvalue weighted by Gasteiger charge is -2.13. The van der Waals surface area contributed by atoms with Gasteiger partial charge in [-0.1, -0.05) is 18.2 Å². The summed E-state index contributed by atoms with van der Waals surface area (Å²) in [5.41, 5.74) is 0.416. The molecule has 0 saturated carbocycles. The summed E-state index contributed by atoms with van der Waals surface area (Å²) in [6.45, 7) is 0.769. The fraction of sp³-hybridized carbons (Fsp3) is 0.250. The number of benzene rings is 2. The molecule has 0 fully saturated rings. The maximum absolute atomic E-state index is 12.8. The second-order valence-electron chi connectivity index (χ2n) is 5.98. The van der Waals surface area contributed by atoms with Crippen LogP contribution in [0.2, 0.25) is 0 Å². The van der Waals surface area contributed by atoms with Gasteiger partial charge in [0, 0.05) is 31.3 Å². The van der Waals surface area contributed by atoms with Crippen LogP contribution in [0.4, 0.5) is 5.69 Å². The molecule has 0 spiro atoms. The van der Waals surface area contributed by atoms with Gasteiger partial charge in [0.25, 0.3) is 11.5 Å². The van der Waals surface area contributed by atoms with E-state index >= 15 is 0 Å². The monoisotopic (exact) mass is 383 g/mol. The van der Waals surface area contributed by atoms with Crippen LogP contribution in [0.15, 0.2) is 47.3 Å². The first kappa shape index (κ1) is 19.4. The Labute approximate surface area is 161 Å². The highest BCUT2D eigenvalue weighted by Gasteiger charge is 2.16. The van der Waals surface area contributed by atoms with Gasteiger partial charge in [0.1, 0.15) is 6.61 Å². The number of anilines is 1. The van der Waals surface area contributed by atoms with Crippen molar-refractivity contribution in [3.8, 4) is 11.5 Å². The molecule has 1 aromatic heterocycles. The van der Waals surface area contributed by atoms with Crippen molar-refractivity contribution in [1.29, 1.82) is 0 Å². The van der Waals surface area contributed by atoms with Crippen LogP contribution >= 0.6 is 0 Å². The lowest BCUT2D eigenvalue weighted by atomic mass is 10.1. The number of hydrogen-bond donors (Lipinski definition) is 1. The summed E-state index contributed by atoms with van der Waals surface area (Å²) in [6.07, 6.45) is 0. The van der Waals surface area contributed by atoms with Crippen molar-refractivity contribution >= 4 is 22.4 Å². The number of rotatable bonds is 7. The molecule has 1 heterocycles. The van der Waals surface area contributed by atoms with Gasteiger partial charge in [0.2, 0.25) is 0 Å². The van der Waals surface area contributed by atoms with Crippen LogP contribution in [0.5, 0.6) is 11.5 Å². The molecule has 0 saturated heterocycles. The van der Waals surface area contributed by atoms with E-state index in [-0.39, 0.29) is 11.3 Å². The molecule has 8 nitrogen and oxygen atoms in total. The largest absolute Gasteiger partial charge is 0.493 e. The van der Waals surface area contributed by atoms with Gasteiger partial charge in [-0.3, -0.25) is 9.59 Å². The number of aromatic nitrogens is 2. The number of carbonyl (C=O) groups is 1. The molecule has 0 aliphatic heterocycles. The Hall–Kier alpha value is -3.39. The number of ether oxygens (including phenoxy) is 3. The van der Waals surface area contributed by atoms with Crippen molar-refractivity contribution in [3.05, 3.63) is 58.5 Å². The molecule has 0 bridgehead atoms. The van der Waals surface area contributed by atoms with E-state index < -0.39 is 5.91 Å². The Kier molecular flexibility index (Phi) is 5.90. The van der Waals surface area contributed by atoms with Gasteiger partial charge in [-0.2, -0.15) is 5.10 Å². The molecule has 0 radical (unpaired) electrons. The minimum Gasteiger partial charge on any atom is -0.493 e. The van der Waals surface area contributed by atoms with Crippen molar-refractivity contribution in [2.75, 3.05) is 32.8 Å². The van der Waals surface area contributed by atoms with E-state index in [1.165, 1.54) is 14.2 Å². The standard InChI is InChI=1S/C20H21N3O5/c1-23-20(25)15-7-5-4-6-14(15)18(22-23)19(24)21-13-8-9-16(27-3)17(12-13)28-11-10-26-2/h4-9,12H,10-11H2,1-3H3,(H,21,24). The lowest BCUT2D eigenvalue weighted by molar-refractivity contribution is 0.102. The molecular formula is C20H21N3O5. The number of carbonyl (C=O) groups excluding carboxylic acids is 1. The van der Waals surface area contributed by atoms with Crippen molar-refractivity contribution in [2.24, 2.45) is 7.05 Å². The first-order valence-corrected chi connectivity index (χ1v) is 8.62. The predicted molar refractivity (Wildman–Crippen MR) is 105 cm³/mol. The quantitative estimate of drug-likeness (QED) is 0.629. The van der Waals surface area contributed by atoms with Crippen LogP contribution in [0.1, 0.15) is 10.5 Å². The first-order valence-electron chi connectivity index (χ1n) is 8.62. The van der Waals surface area contributed by atoms with E-state index in [9.17, 15) is 9.59 Å². The van der Waals surface area contributed by atoms with Gasteiger partial charge >= 0.3 is 0 Å². The number of hydrogen-bond acceptors (Lipinski definition) is 6. The van der Waals surface area contributed by atoms with E-state index in [4.69, 9.17) is 14.2 Å². The second-order valence-corrected chi connectivity index (χ2v) is 5.98. The molecule has 0 unspecified atom stereocenters. The molecule has 1 amide bonds. The van der Waals surface area contributed by atoms with Gasteiger partial charge < -0.3 is 19.5 Å². The SMILES string of the molecule is COCCOc1cc(NC(=O)c2nn(C)c(=O)c3ccccc23)ccc1OC. The molecule has 3 aromatic rings. The van der Waals surface area contributed by atoms with Crippen LogP contribution in [-0.4, -0.2) is 43.1 Å². The Balaban J connectivity index is 1.91. The molecular weight excluding hydrogens is 362 g/mol. The molecule has 28 heavy (non-hydrogen) atoms. The van der Waals surface area contributed by atoms with E-state index in [0.29, 0.717) is 41.2 Å². The Morgan fingerprint density at radius 2 is 1.82 bits per heavy atom. The topological polar surface area (TPSA) is 91.7 Å². The zero-order valence-corrected chi connectivity index (χ0v) is 15.9. The lowest BCUT2D eigenvalue weighted by Crippen LogP contribution is -2.25. The van der Waals surface area contributed by atoms with Crippen LogP contribution in [0, 0.1) is 0 Å². The number of nitrogens with one attached hydrogen (secondary N) is 1. The molecule has 8 heteroatoms. The predicted octanol–water partition coefficient (Wildman–Crippen LogP) is 2.22. The number of aryl methyl sites for hydroxylation is 1. The minimum atomic E-state index is -0.431. The fourth-order valence-corrected chi connectivity index (χ4v) is 2.76. The maximum Gasteiger partial charge on any atom is 0.276 e. The maximum atomic E-state index is 12.8. The smallest absolute Gasteiger partial charge is 0.276 e. The highest BCUT2D eigenvalue weighted by Crippen LogP contribution is 2.30. The molecule has 2 aromatic carbocycles. The molecule has 0 aliphatic rings. The third-order valence-corrected chi connectivity index (χ3v) is 4.14. The van der Waals surface area contributed by atoms with Crippen molar-refractivity contribution < 1.29 is 19.0 Å². The van der Waals surface area contributed by atoms with Gasteiger partial charge in [-0.15, -0.1) is 0 Å². The van der Waals surface area contributed by atoms with E-state index in [1.807, 2.05) is 0 Å². The summed E-state index contributed by atoms with van der Waals surface area (Å²) in [5.74, 6) is 0.593. The summed E-state index contributed by atoms with van der Waals surface area (Å²) < 4.78 is 17.1. The Morgan fingerprint density at radius 3 is 2.54 bits per heavy atom. The van der Waals surface area contributed by atoms with Crippen LogP contribution < -0.4 is 20.3 Å². The van der Waals surface area contributed by atoms with E-state index in [1.54, 1.807) is 49.6 Å². The molecule has 1 N–H and O–H groups in total. The Bertz CT molecular complexity index is 1060. The summed E-state index contributed by atoms with van der Waals surface area (Å²) in [6, 6.07) is 11.9. The van der Waals surface area contributed by atoms with Crippen LogP contribution in [0.25, 0.3) is 10.8 Å². The average Bonchev–Trinajstić information content (AvgIpc) is 2.71. The summed E-state index contributed by atoms with van der Waals surface area (Å²) in [5, 5.41) is 7.86. The fourth-order valence-electron chi connectivity index (χ4n) is 2.76.